The molecule has 0 bridgehead atoms. The second kappa shape index (κ2) is 6.93. The van der Waals surface area contributed by atoms with Crippen LogP contribution in [0.4, 0.5) is 9.39 Å². The molecule has 0 saturated heterocycles. The Balaban J connectivity index is 2.15. The highest BCUT2D eigenvalue weighted by molar-refractivity contribution is 9.10. The molecule has 0 radical (unpaired) electrons. The zero-order chi connectivity index (χ0) is 16.3. The first-order valence-electron chi connectivity index (χ1n) is 6.30. The number of ketones is 1. The molecule has 0 atom stereocenters. The van der Waals surface area contributed by atoms with Crippen LogP contribution in [-0.4, -0.2) is 16.1 Å². The summed E-state index contributed by atoms with van der Waals surface area (Å²) in [5.41, 5.74) is 1.27. The van der Waals surface area contributed by atoms with Crippen LogP contribution in [0.1, 0.15) is 28.5 Å². The van der Waals surface area contributed by atoms with Crippen LogP contribution in [0.2, 0.25) is 0 Å². The van der Waals surface area contributed by atoms with E-state index >= 15 is 0 Å². The Hall–Kier alpha value is -1.86. The number of Topliss-reactive ketones (excluding diaryl/α,β-unsaturated/α-hetero) is 1. The Morgan fingerprint density at radius 2 is 2.14 bits per heavy atom. The fourth-order valence-corrected chi connectivity index (χ4v) is 3.06. The van der Waals surface area contributed by atoms with Gasteiger partial charge in [-0.15, -0.1) is 0 Å². The summed E-state index contributed by atoms with van der Waals surface area (Å²) in [5.74, 6) is -1.04. The zero-order valence-electron chi connectivity index (χ0n) is 11.8. The standard InChI is InChI=1S/C15H12BrFN2O2S/c1-8-14(9(2)20)15(22-19-8)18-13(21)6-3-10-7-11(16)4-5-12(10)17/h3-7H,1-2H3,(H,18,21)/b6-3+. The zero-order valence-corrected chi connectivity index (χ0v) is 14.2. The van der Waals surface area contributed by atoms with Crippen LogP contribution < -0.4 is 5.32 Å². The molecule has 7 heteroatoms. The van der Waals surface area contributed by atoms with E-state index < -0.39 is 11.7 Å². The number of rotatable bonds is 4. The molecule has 0 fully saturated rings. The summed E-state index contributed by atoms with van der Waals surface area (Å²) in [6.07, 6.45) is 2.58. The monoisotopic (exact) mass is 382 g/mol. The molecule has 22 heavy (non-hydrogen) atoms. The number of hydrogen-bond acceptors (Lipinski definition) is 4. The first kappa shape index (κ1) is 16.5. The van der Waals surface area contributed by atoms with Crippen LogP contribution >= 0.6 is 27.5 Å². The number of hydrogen-bond donors (Lipinski definition) is 1. The van der Waals surface area contributed by atoms with Gasteiger partial charge < -0.3 is 5.32 Å². The van der Waals surface area contributed by atoms with E-state index in [1.165, 1.54) is 25.1 Å². The van der Waals surface area contributed by atoms with Gasteiger partial charge in [0, 0.05) is 16.1 Å². The van der Waals surface area contributed by atoms with Gasteiger partial charge in [0.25, 0.3) is 0 Å². The lowest BCUT2D eigenvalue weighted by molar-refractivity contribution is -0.111. The molecule has 1 N–H and O–H groups in total. The molecule has 0 aliphatic rings. The minimum atomic E-state index is -0.453. The molecule has 2 rings (SSSR count). The Kier molecular flexibility index (Phi) is 5.20. The van der Waals surface area contributed by atoms with Crippen molar-refractivity contribution in [2.45, 2.75) is 13.8 Å². The number of anilines is 1. The third kappa shape index (κ3) is 3.86. The second-order valence-electron chi connectivity index (χ2n) is 4.52. The molecular formula is C15H12BrFN2O2S. The van der Waals surface area contributed by atoms with Crippen LogP contribution in [0.3, 0.4) is 0 Å². The molecule has 0 unspecified atom stereocenters. The summed E-state index contributed by atoms with van der Waals surface area (Å²) in [4.78, 5) is 23.4. The summed E-state index contributed by atoms with van der Waals surface area (Å²) < 4.78 is 18.3. The first-order valence-corrected chi connectivity index (χ1v) is 7.86. The number of amides is 1. The number of nitrogens with one attached hydrogen (secondary N) is 1. The number of aryl methyl sites for hydroxylation is 1. The third-order valence-corrected chi connectivity index (χ3v) is 4.17. The van der Waals surface area contributed by atoms with Crippen molar-refractivity contribution >= 4 is 50.2 Å². The van der Waals surface area contributed by atoms with Gasteiger partial charge in [0.15, 0.2) is 5.78 Å². The highest BCUT2D eigenvalue weighted by atomic mass is 79.9. The third-order valence-electron chi connectivity index (χ3n) is 2.82. The summed E-state index contributed by atoms with van der Waals surface area (Å²) in [6, 6.07) is 4.45. The van der Waals surface area contributed by atoms with Crippen molar-refractivity contribution in [2.24, 2.45) is 0 Å². The van der Waals surface area contributed by atoms with Gasteiger partial charge in [-0.1, -0.05) is 15.9 Å². The summed E-state index contributed by atoms with van der Waals surface area (Å²) in [7, 11) is 0. The van der Waals surface area contributed by atoms with Gasteiger partial charge in [-0.05, 0) is 49.7 Å². The summed E-state index contributed by atoms with van der Waals surface area (Å²) in [5, 5.41) is 2.99. The van der Waals surface area contributed by atoms with Crippen molar-refractivity contribution in [2.75, 3.05) is 5.32 Å². The van der Waals surface area contributed by atoms with Crippen molar-refractivity contribution in [3.8, 4) is 0 Å². The van der Waals surface area contributed by atoms with Crippen LogP contribution in [-0.2, 0) is 4.79 Å². The van der Waals surface area contributed by atoms with Crippen LogP contribution in [0.15, 0.2) is 28.7 Å². The van der Waals surface area contributed by atoms with E-state index in [0.29, 0.717) is 20.7 Å². The average Bonchev–Trinajstić information content (AvgIpc) is 2.80. The Bertz CT molecular complexity index is 771. The maximum Gasteiger partial charge on any atom is 0.249 e. The van der Waals surface area contributed by atoms with Gasteiger partial charge in [-0.3, -0.25) is 9.59 Å². The van der Waals surface area contributed by atoms with Gasteiger partial charge in [-0.2, -0.15) is 4.37 Å². The van der Waals surface area contributed by atoms with Gasteiger partial charge in [0.05, 0.1) is 11.3 Å². The van der Waals surface area contributed by atoms with E-state index in [1.807, 2.05) is 0 Å². The lowest BCUT2D eigenvalue weighted by Crippen LogP contribution is -2.09. The second-order valence-corrected chi connectivity index (χ2v) is 6.21. The molecule has 0 aliphatic heterocycles. The Morgan fingerprint density at radius 3 is 2.82 bits per heavy atom. The van der Waals surface area contributed by atoms with Crippen LogP contribution in [0.5, 0.6) is 0 Å². The van der Waals surface area contributed by atoms with Gasteiger partial charge in [-0.25, -0.2) is 4.39 Å². The fourth-order valence-electron chi connectivity index (χ4n) is 1.83. The van der Waals surface area contributed by atoms with Gasteiger partial charge >= 0.3 is 0 Å². The van der Waals surface area contributed by atoms with E-state index in [4.69, 9.17) is 0 Å². The normalized spacial score (nSPS) is 10.9. The average molecular weight is 383 g/mol. The number of carbonyl (C=O) groups is 2. The van der Waals surface area contributed by atoms with Crippen molar-refractivity contribution in [3.05, 3.63) is 51.4 Å². The van der Waals surface area contributed by atoms with E-state index in [-0.39, 0.29) is 11.3 Å². The van der Waals surface area contributed by atoms with E-state index in [2.05, 4.69) is 25.6 Å². The molecule has 0 saturated carbocycles. The predicted molar refractivity (Wildman–Crippen MR) is 88.6 cm³/mol. The minimum absolute atomic E-state index is 0.163. The predicted octanol–water partition coefficient (Wildman–Crippen LogP) is 4.21. The molecule has 114 valence electrons. The fraction of sp³-hybridized carbons (Fsp3) is 0.133. The summed E-state index contributed by atoms with van der Waals surface area (Å²) in [6.45, 7) is 3.12. The molecule has 0 spiro atoms. The minimum Gasteiger partial charge on any atom is -0.312 e. The molecule has 1 aromatic carbocycles. The van der Waals surface area contributed by atoms with Crippen molar-refractivity contribution in [1.29, 1.82) is 0 Å². The van der Waals surface area contributed by atoms with E-state index in [0.717, 1.165) is 11.5 Å². The highest BCUT2D eigenvalue weighted by Gasteiger charge is 2.15. The maximum atomic E-state index is 13.6. The lowest BCUT2D eigenvalue weighted by atomic mass is 10.2. The maximum absolute atomic E-state index is 13.6. The van der Waals surface area contributed by atoms with E-state index in [1.54, 1.807) is 19.1 Å². The van der Waals surface area contributed by atoms with E-state index in [9.17, 15) is 14.0 Å². The smallest absolute Gasteiger partial charge is 0.249 e. The number of carbonyl (C=O) groups excluding carboxylic acids is 2. The molecule has 1 amide bonds. The Morgan fingerprint density at radius 1 is 1.41 bits per heavy atom. The Labute approximate surface area is 139 Å². The number of nitrogens with zero attached hydrogens (tertiary/aromatic N) is 1. The van der Waals surface area contributed by atoms with Gasteiger partial charge in [0.2, 0.25) is 5.91 Å². The lowest BCUT2D eigenvalue weighted by Gasteiger charge is -2.01. The topological polar surface area (TPSA) is 59.1 Å². The molecule has 2 aromatic rings. The largest absolute Gasteiger partial charge is 0.312 e. The number of halogens is 2. The molecule has 0 aliphatic carbocycles. The van der Waals surface area contributed by atoms with Gasteiger partial charge in [0.1, 0.15) is 10.8 Å². The highest BCUT2D eigenvalue weighted by Crippen LogP contribution is 2.25. The van der Waals surface area contributed by atoms with Crippen molar-refractivity contribution in [1.82, 2.24) is 4.37 Å². The first-order chi connectivity index (χ1) is 10.4. The summed E-state index contributed by atoms with van der Waals surface area (Å²) >= 11 is 4.28. The number of aromatic nitrogens is 1. The van der Waals surface area contributed by atoms with Crippen LogP contribution in [0, 0.1) is 12.7 Å². The quantitative estimate of drug-likeness (QED) is 0.636. The molecule has 1 heterocycles. The SMILES string of the molecule is CC(=O)c1c(C)nsc1NC(=O)/C=C/c1cc(Br)ccc1F. The molecule has 1 aromatic heterocycles. The van der Waals surface area contributed by atoms with Crippen molar-refractivity contribution in [3.63, 3.8) is 0 Å². The van der Waals surface area contributed by atoms with Crippen molar-refractivity contribution < 1.29 is 14.0 Å². The van der Waals surface area contributed by atoms with Crippen LogP contribution in [0.25, 0.3) is 6.08 Å². The number of benzene rings is 1. The molecular weight excluding hydrogens is 371 g/mol. The molecule has 4 nitrogen and oxygen atoms in total.